The Labute approximate surface area is 73.9 Å². The zero-order valence-corrected chi connectivity index (χ0v) is 6.74. The number of amides is 1. The molecule has 5 nitrogen and oxygen atoms in total. The lowest BCUT2D eigenvalue weighted by Crippen LogP contribution is -2.31. The van der Waals surface area contributed by atoms with Crippen molar-refractivity contribution < 1.29 is 18.0 Å². The molecule has 1 heterocycles. The van der Waals surface area contributed by atoms with Gasteiger partial charge in [-0.2, -0.15) is 13.2 Å². The number of alkyl halides is 3. The first kappa shape index (κ1) is 9.86. The zero-order valence-electron chi connectivity index (χ0n) is 5.92. The summed E-state index contributed by atoms with van der Waals surface area (Å²) in [6.45, 7) is 0. The van der Waals surface area contributed by atoms with Crippen LogP contribution in [-0.4, -0.2) is 15.5 Å². The molecule has 0 spiro atoms. The van der Waals surface area contributed by atoms with E-state index in [9.17, 15) is 18.0 Å². The van der Waals surface area contributed by atoms with Gasteiger partial charge >= 0.3 is 6.18 Å². The van der Waals surface area contributed by atoms with Crippen LogP contribution in [0.25, 0.3) is 0 Å². The van der Waals surface area contributed by atoms with E-state index in [-0.39, 0.29) is 0 Å². The van der Waals surface area contributed by atoms with Gasteiger partial charge < -0.3 is 0 Å². The second-order valence-corrected chi connectivity index (χ2v) is 2.68. The fraction of sp³-hybridized carbons (Fsp3) is 0.250. The molecule has 0 fully saturated rings. The predicted molar refractivity (Wildman–Crippen MR) is 36.6 cm³/mol. The molecule has 13 heavy (non-hydrogen) atoms. The first-order valence-corrected chi connectivity index (χ1v) is 3.64. The number of rotatable bonds is 1. The Morgan fingerprint density at radius 3 is 2.62 bits per heavy atom. The van der Waals surface area contributed by atoms with Crippen LogP contribution < -0.4 is 11.3 Å². The van der Waals surface area contributed by atoms with Crippen molar-refractivity contribution in [2.75, 3.05) is 0 Å². The number of hydrogen-bond donors (Lipinski definition) is 2. The lowest BCUT2D eigenvalue weighted by atomic mass is 10.3. The van der Waals surface area contributed by atoms with Crippen LogP contribution in [0, 0.1) is 0 Å². The molecule has 0 aromatic carbocycles. The van der Waals surface area contributed by atoms with Crippen LogP contribution in [0.15, 0.2) is 0 Å². The first-order valence-electron chi connectivity index (χ1n) is 2.87. The number of halogens is 3. The molecule has 1 aromatic heterocycles. The van der Waals surface area contributed by atoms with Crippen molar-refractivity contribution in [3.63, 3.8) is 0 Å². The maximum atomic E-state index is 12.1. The number of carbonyl (C=O) groups excluding carboxylic acids is 1. The van der Waals surface area contributed by atoms with Crippen molar-refractivity contribution in [1.82, 2.24) is 15.0 Å². The van der Waals surface area contributed by atoms with Gasteiger partial charge in [-0.15, -0.1) is 5.10 Å². The van der Waals surface area contributed by atoms with Gasteiger partial charge in [0.05, 0.1) is 0 Å². The molecular formula is C4H3F3N4OS. The van der Waals surface area contributed by atoms with Gasteiger partial charge in [-0.1, -0.05) is 4.49 Å². The standard InChI is InChI=1S/C4H3F3N4OS/c5-4(6,7)2-1(3(12)9-8)13-11-10-2/h8H2,(H,9,12). The van der Waals surface area contributed by atoms with Gasteiger partial charge in [0.1, 0.15) is 4.88 Å². The molecular weight excluding hydrogens is 209 g/mol. The van der Waals surface area contributed by atoms with E-state index in [4.69, 9.17) is 0 Å². The summed E-state index contributed by atoms with van der Waals surface area (Å²) in [5.41, 5.74) is 0.252. The molecule has 1 amide bonds. The molecule has 0 aliphatic carbocycles. The molecule has 0 bridgehead atoms. The van der Waals surface area contributed by atoms with Crippen LogP contribution >= 0.6 is 11.5 Å². The number of carbonyl (C=O) groups is 1. The highest BCUT2D eigenvalue weighted by atomic mass is 32.1. The van der Waals surface area contributed by atoms with Gasteiger partial charge in [-0.3, -0.25) is 10.2 Å². The summed E-state index contributed by atoms with van der Waals surface area (Å²) in [4.78, 5) is 10.1. The average Bonchev–Trinajstić information content (AvgIpc) is 2.49. The molecule has 0 unspecified atom stereocenters. The Bertz CT molecular complexity index is 321. The Morgan fingerprint density at radius 2 is 2.15 bits per heavy atom. The smallest absolute Gasteiger partial charge is 0.289 e. The van der Waals surface area contributed by atoms with Crippen molar-refractivity contribution >= 4 is 17.4 Å². The Morgan fingerprint density at radius 1 is 1.54 bits per heavy atom. The van der Waals surface area contributed by atoms with Crippen molar-refractivity contribution in [2.24, 2.45) is 5.84 Å². The Kier molecular flexibility index (Phi) is 2.48. The minimum absolute atomic E-state index is 0.336. The van der Waals surface area contributed by atoms with E-state index in [1.807, 2.05) is 0 Å². The van der Waals surface area contributed by atoms with Crippen LogP contribution in [0.2, 0.25) is 0 Å². The van der Waals surface area contributed by atoms with Crippen LogP contribution in [0.4, 0.5) is 13.2 Å². The fourth-order valence-electron chi connectivity index (χ4n) is 0.591. The van der Waals surface area contributed by atoms with E-state index in [0.29, 0.717) is 11.5 Å². The summed E-state index contributed by atoms with van der Waals surface area (Å²) in [6.07, 6.45) is -4.69. The molecule has 1 aromatic rings. The topological polar surface area (TPSA) is 80.9 Å². The van der Waals surface area contributed by atoms with Crippen molar-refractivity contribution in [1.29, 1.82) is 0 Å². The van der Waals surface area contributed by atoms with Gasteiger partial charge in [0.15, 0.2) is 5.69 Å². The van der Waals surface area contributed by atoms with Gasteiger partial charge in [0, 0.05) is 0 Å². The molecule has 0 aliphatic rings. The molecule has 3 N–H and O–H groups in total. The minimum Gasteiger partial charge on any atom is -0.289 e. The molecule has 0 atom stereocenters. The second kappa shape index (κ2) is 3.26. The van der Waals surface area contributed by atoms with Gasteiger partial charge in [0.2, 0.25) is 0 Å². The maximum absolute atomic E-state index is 12.1. The molecule has 9 heteroatoms. The highest BCUT2D eigenvalue weighted by molar-refractivity contribution is 7.08. The van der Waals surface area contributed by atoms with E-state index in [0.717, 1.165) is 0 Å². The number of aromatic nitrogens is 2. The van der Waals surface area contributed by atoms with Crippen molar-refractivity contribution in [3.8, 4) is 0 Å². The number of nitrogen functional groups attached to an aromatic ring is 1. The van der Waals surface area contributed by atoms with Crippen LogP contribution in [0.1, 0.15) is 15.4 Å². The summed E-state index contributed by atoms with van der Waals surface area (Å²) in [6, 6.07) is 0. The van der Waals surface area contributed by atoms with Gasteiger partial charge in [-0.25, -0.2) is 5.84 Å². The minimum atomic E-state index is -4.69. The largest absolute Gasteiger partial charge is 0.436 e. The Hall–Kier alpha value is -1.22. The number of nitrogens with two attached hydrogens (primary N) is 1. The lowest BCUT2D eigenvalue weighted by molar-refractivity contribution is -0.141. The maximum Gasteiger partial charge on any atom is 0.436 e. The number of nitrogens with zero attached hydrogens (tertiary/aromatic N) is 2. The van der Waals surface area contributed by atoms with Crippen LogP contribution in [0.5, 0.6) is 0 Å². The van der Waals surface area contributed by atoms with Crippen molar-refractivity contribution in [2.45, 2.75) is 6.18 Å². The van der Waals surface area contributed by atoms with Crippen molar-refractivity contribution in [3.05, 3.63) is 10.6 Å². The highest BCUT2D eigenvalue weighted by Crippen LogP contribution is 2.31. The quantitative estimate of drug-likeness (QED) is 0.394. The first-order chi connectivity index (χ1) is 5.96. The zero-order chi connectivity index (χ0) is 10.1. The summed E-state index contributed by atoms with van der Waals surface area (Å²) >= 11 is 0.336. The third kappa shape index (κ3) is 1.92. The number of hydrazine groups is 1. The number of nitrogens with one attached hydrogen (secondary N) is 1. The summed E-state index contributed by atoms with van der Waals surface area (Å²) in [5, 5.41) is 2.78. The SMILES string of the molecule is NNC(=O)c1snnc1C(F)(F)F. The van der Waals surface area contributed by atoms with E-state index in [1.54, 1.807) is 5.43 Å². The molecule has 0 saturated carbocycles. The second-order valence-electron chi connectivity index (χ2n) is 1.92. The van der Waals surface area contributed by atoms with Crippen LogP contribution in [0.3, 0.4) is 0 Å². The van der Waals surface area contributed by atoms with E-state index >= 15 is 0 Å². The Balaban J connectivity index is 3.10. The summed E-state index contributed by atoms with van der Waals surface area (Å²) in [7, 11) is 0. The normalized spacial score (nSPS) is 11.4. The monoisotopic (exact) mass is 212 g/mol. The lowest BCUT2D eigenvalue weighted by Gasteiger charge is -2.02. The summed E-state index contributed by atoms with van der Waals surface area (Å²) in [5.74, 6) is 3.61. The average molecular weight is 212 g/mol. The molecule has 1 rings (SSSR count). The third-order valence-corrected chi connectivity index (χ3v) is 1.82. The number of hydrogen-bond acceptors (Lipinski definition) is 5. The van der Waals surface area contributed by atoms with E-state index < -0.39 is 22.7 Å². The molecule has 0 saturated heterocycles. The molecule has 0 radical (unpaired) electrons. The van der Waals surface area contributed by atoms with E-state index in [1.165, 1.54) is 0 Å². The summed E-state index contributed by atoms with van der Waals surface area (Å²) < 4.78 is 39.2. The predicted octanol–water partition coefficient (Wildman–Crippen LogP) is 0.160. The molecule has 0 aliphatic heterocycles. The highest BCUT2D eigenvalue weighted by Gasteiger charge is 2.39. The molecule has 72 valence electrons. The third-order valence-electron chi connectivity index (χ3n) is 1.09. The fourth-order valence-corrected chi connectivity index (χ4v) is 1.18. The van der Waals surface area contributed by atoms with E-state index in [2.05, 4.69) is 15.4 Å². The van der Waals surface area contributed by atoms with Gasteiger partial charge in [0.25, 0.3) is 5.91 Å². The van der Waals surface area contributed by atoms with Crippen LogP contribution in [-0.2, 0) is 6.18 Å². The van der Waals surface area contributed by atoms with Gasteiger partial charge in [-0.05, 0) is 11.5 Å².